The van der Waals surface area contributed by atoms with Gasteiger partial charge in [-0.2, -0.15) is 0 Å². The van der Waals surface area contributed by atoms with Gasteiger partial charge >= 0.3 is 0 Å². The Morgan fingerprint density at radius 3 is 2.32 bits per heavy atom. The molecule has 114 valence electrons. The lowest BCUT2D eigenvalue weighted by atomic mass is 10.1. The minimum atomic E-state index is -0.413. The molecule has 0 aliphatic heterocycles. The van der Waals surface area contributed by atoms with Gasteiger partial charge in [-0.1, -0.05) is 12.1 Å². The number of benzene rings is 2. The van der Waals surface area contributed by atoms with Gasteiger partial charge in [0.1, 0.15) is 0 Å². The molecule has 0 saturated heterocycles. The molecule has 0 saturated carbocycles. The smallest absolute Gasteiger partial charge is 0.269 e. The molecule has 2 rings (SSSR count). The summed E-state index contributed by atoms with van der Waals surface area (Å²) in [7, 11) is 0. The van der Waals surface area contributed by atoms with Crippen LogP contribution in [0.5, 0.6) is 0 Å². The monoisotopic (exact) mass is 315 g/mol. The Balaban J connectivity index is 2.12. The van der Waals surface area contributed by atoms with Gasteiger partial charge in [-0.25, -0.2) is 0 Å². The molecule has 0 bridgehead atoms. The molecule has 5 nitrogen and oxygen atoms in total. The zero-order valence-electron chi connectivity index (χ0n) is 12.6. The zero-order valence-corrected chi connectivity index (χ0v) is 13.5. The van der Waals surface area contributed by atoms with Gasteiger partial charge in [0.05, 0.1) is 4.92 Å². The molecule has 0 unspecified atom stereocenters. The lowest BCUT2D eigenvalue weighted by Gasteiger charge is -2.14. The van der Waals surface area contributed by atoms with E-state index in [0.717, 1.165) is 28.1 Å². The second kappa shape index (κ2) is 6.53. The zero-order chi connectivity index (χ0) is 16.3. The van der Waals surface area contributed by atoms with Crippen LogP contribution in [0.1, 0.15) is 16.7 Å². The van der Waals surface area contributed by atoms with Crippen LogP contribution in [-0.2, 0) is 0 Å². The number of nitro groups is 1. The maximum atomic E-state index is 10.7. The van der Waals surface area contributed by atoms with Crippen LogP contribution >= 0.6 is 12.2 Å². The van der Waals surface area contributed by atoms with Gasteiger partial charge in [0, 0.05) is 23.5 Å². The number of aryl methyl sites for hydroxylation is 3. The van der Waals surface area contributed by atoms with Gasteiger partial charge < -0.3 is 10.6 Å². The van der Waals surface area contributed by atoms with E-state index in [0.29, 0.717) is 5.11 Å². The molecule has 0 radical (unpaired) electrons. The SMILES string of the molecule is Cc1ccc(C)c(NC(=S)Nc2ccc([N+](=O)[O-])cc2C)c1. The van der Waals surface area contributed by atoms with Gasteiger partial charge in [0.25, 0.3) is 5.69 Å². The fraction of sp³-hybridized carbons (Fsp3) is 0.188. The predicted molar refractivity (Wildman–Crippen MR) is 93.6 cm³/mol. The molecule has 0 spiro atoms. The molecule has 2 aromatic carbocycles. The fourth-order valence-electron chi connectivity index (χ4n) is 2.05. The van der Waals surface area contributed by atoms with Crippen LogP contribution in [0.2, 0.25) is 0 Å². The van der Waals surface area contributed by atoms with Crippen LogP contribution in [-0.4, -0.2) is 10.0 Å². The van der Waals surface area contributed by atoms with Crippen molar-refractivity contribution in [1.29, 1.82) is 0 Å². The van der Waals surface area contributed by atoms with Crippen LogP contribution < -0.4 is 10.6 Å². The van der Waals surface area contributed by atoms with Crippen molar-refractivity contribution in [3.05, 3.63) is 63.2 Å². The molecule has 2 N–H and O–H groups in total. The summed E-state index contributed by atoms with van der Waals surface area (Å²) in [5, 5.41) is 17.4. The van der Waals surface area contributed by atoms with Crippen LogP contribution in [0.15, 0.2) is 36.4 Å². The predicted octanol–water partition coefficient (Wildman–Crippen LogP) is 4.33. The van der Waals surface area contributed by atoms with Crippen molar-refractivity contribution in [1.82, 2.24) is 0 Å². The molecule has 6 heteroatoms. The number of non-ortho nitro benzene ring substituents is 1. The van der Waals surface area contributed by atoms with Gasteiger partial charge in [-0.3, -0.25) is 10.1 Å². The number of rotatable bonds is 3. The van der Waals surface area contributed by atoms with Crippen LogP contribution in [0.3, 0.4) is 0 Å². The number of nitrogens with one attached hydrogen (secondary N) is 2. The standard InChI is InChI=1S/C16H17N3O2S/c1-10-4-5-11(2)15(8-10)18-16(22)17-14-7-6-13(19(20)21)9-12(14)3/h4-9H,1-3H3,(H2,17,18,22). The van der Waals surface area contributed by atoms with E-state index in [9.17, 15) is 10.1 Å². The molecule has 0 heterocycles. The summed E-state index contributed by atoms with van der Waals surface area (Å²) >= 11 is 5.31. The third kappa shape index (κ3) is 3.79. The molecule has 0 aliphatic rings. The first-order chi connectivity index (χ1) is 10.4. The molecule has 0 atom stereocenters. The van der Waals surface area contributed by atoms with E-state index in [1.54, 1.807) is 13.0 Å². The summed E-state index contributed by atoms with van der Waals surface area (Å²) in [5.74, 6) is 0. The molecule has 0 fully saturated rings. The highest BCUT2D eigenvalue weighted by atomic mass is 32.1. The Morgan fingerprint density at radius 1 is 1.00 bits per heavy atom. The van der Waals surface area contributed by atoms with Gasteiger partial charge in [0.2, 0.25) is 0 Å². The summed E-state index contributed by atoms with van der Waals surface area (Å²) in [4.78, 5) is 10.3. The Bertz CT molecular complexity index is 744. The number of hydrogen-bond donors (Lipinski definition) is 2. The molecule has 2 aromatic rings. The molecule has 0 amide bonds. The summed E-state index contributed by atoms with van der Waals surface area (Å²) in [5.41, 5.74) is 4.75. The minimum absolute atomic E-state index is 0.0662. The molecule has 0 aromatic heterocycles. The van der Waals surface area contributed by atoms with Gasteiger partial charge in [-0.15, -0.1) is 0 Å². The van der Waals surface area contributed by atoms with E-state index < -0.39 is 4.92 Å². The average Bonchev–Trinajstić information content (AvgIpc) is 2.45. The molecule has 0 aliphatic carbocycles. The second-order valence-corrected chi connectivity index (χ2v) is 5.56. The Labute approximate surface area is 134 Å². The second-order valence-electron chi connectivity index (χ2n) is 5.15. The largest absolute Gasteiger partial charge is 0.332 e. The van der Waals surface area contributed by atoms with E-state index in [2.05, 4.69) is 10.6 Å². The number of hydrogen-bond acceptors (Lipinski definition) is 3. The highest BCUT2D eigenvalue weighted by Crippen LogP contribution is 2.22. The lowest BCUT2D eigenvalue weighted by Crippen LogP contribution is -2.20. The maximum Gasteiger partial charge on any atom is 0.269 e. The third-order valence-corrected chi connectivity index (χ3v) is 3.51. The van der Waals surface area contributed by atoms with Crippen molar-refractivity contribution in [2.45, 2.75) is 20.8 Å². The van der Waals surface area contributed by atoms with Crippen molar-refractivity contribution in [3.8, 4) is 0 Å². The summed E-state index contributed by atoms with van der Waals surface area (Å²) in [6.45, 7) is 5.82. The van der Waals surface area contributed by atoms with Crippen LogP contribution in [0.25, 0.3) is 0 Å². The van der Waals surface area contributed by atoms with Crippen LogP contribution in [0.4, 0.5) is 17.1 Å². The Kier molecular flexibility index (Phi) is 4.72. The Hall–Kier alpha value is -2.47. The number of nitrogens with zero attached hydrogens (tertiary/aromatic N) is 1. The van der Waals surface area contributed by atoms with Crippen molar-refractivity contribution >= 4 is 34.4 Å². The first-order valence-corrected chi connectivity index (χ1v) is 7.18. The molecular formula is C16H17N3O2S. The molecule has 22 heavy (non-hydrogen) atoms. The third-order valence-electron chi connectivity index (χ3n) is 3.31. The first kappa shape index (κ1) is 15.9. The van der Waals surface area contributed by atoms with E-state index in [1.165, 1.54) is 12.1 Å². The van der Waals surface area contributed by atoms with E-state index in [1.807, 2.05) is 32.0 Å². The van der Waals surface area contributed by atoms with E-state index in [4.69, 9.17) is 12.2 Å². The topological polar surface area (TPSA) is 67.2 Å². The van der Waals surface area contributed by atoms with Crippen molar-refractivity contribution < 1.29 is 4.92 Å². The maximum absolute atomic E-state index is 10.7. The van der Waals surface area contributed by atoms with Gasteiger partial charge in [0.15, 0.2) is 5.11 Å². The van der Waals surface area contributed by atoms with Crippen molar-refractivity contribution in [3.63, 3.8) is 0 Å². The van der Waals surface area contributed by atoms with Crippen molar-refractivity contribution in [2.24, 2.45) is 0 Å². The quantitative estimate of drug-likeness (QED) is 0.501. The summed E-state index contributed by atoms with van der Waals surface area (Å²) < 4.78 is 0. The van der Waals surface area contributed by atoms with E-state index in [-0.39, 0.29) is 5.69 Å². The number of anilines is 2. The normalized spacial score (nSPS) is 10.1. The Morgan fingerprint density at radius 2 is 1.68 bits per heavy atom. The number of thiocarbonyl (C=S) groups is 1. The molecular weight excluding hydrogens is 298 g/mol. The summed E-state index contributed by atoms with van der Waals surface area (Å²) in [6.07, 6.45) is 0. The van der Waals surface area contributed by atoms with E-state index >= 15 is 0 Å². The van der Waals surface area contributed by atoms with Gasteiger partial charge in [-0.05, 0) is 61.8 Å². The average molecular weight is 315 g/mol. The first-order valence-electron chi connectivity index (χ1n) is 6.77. The highest BCUT2D eigenvalue weighted by molar-refractivity contribution is 7.80. The van der Waals surface area contributed by atoms with Crippen molar-refractivity contribution in [2.75, 3.05) is 10.6 Å². The number of nitro benzene ring substituents is 1. The summed E-state index contributed by atoms with van der Waals surface area (Å²) in [6, 6.07) is 10.7. The van der Waals surface area contributed by atoms with Crippen LogP contribution in [0, 0.1) is 30.9 Å². The minimum Gasteiger partial charge on any atom is -0.332 e. The highest BCUT2D eigenvalue weighted by Gasteiger charge is 2.09. The fourth-order valence-corrected chi connectivity index (χ4v) is 2.27. The lowest BCUT2D eigenvalue weighted by molar-refractivity contribution is -0.384.